The molecule has 1 aliphatic rings. The summed E-state index contributed by atoms with van der Waals surface area (Å²) in [5.74, 6) is 0.0244. The lowest BCUT2D eigenvalue weighted by atomic mass is 9.92. The van der Waals surface area contributed by atoms with E-state index in [0.717, 1.165) is 31.2 Å². The van der Waals surface area contributed by atoms with Crippen LogP contribution in [-0.4, -0.2) is 34.0 Å². The van der Waals surface area contributed by atoms with Gasteiger partial charge in [-0.1, -0.05) is 56.5 Å². The van der Waals surface area contributed by atoms with Crippen molar-refractivity contribution in [2.45, 2.75) is 83.9 Å². The number of benzene rings is 2. The summed E-state index contributed by atoms with van der Waals surface area (Å²) in [6.45, 7) is 7.92. The number of carbonyl (C=O) groups is 1. The van der Waals surface area contributed by atoms with E-state index in [2.05, 4.69) is 0 Å². The SMILES string of the molecule is CCC(C)(Oc1ccc(C(=O)N(C(C)C)C2CCCCC2)cc1[N+](=O)[O-])c1ccccc1.O=C=O. The summed E-state index contributed by atoms with van der Waals surface area (Å²) in [7, 11) is 0. The topological polar surface area (TPSA) is 107 Å². The second kappa shape index (κ2) is 12.8. The number of rotatable bonds is 8. The Morgan fingerprint density at radius 2 is 1.74 bits per heavy atom. The van der Waals surface area contributed by atoms with E-state index < -0.39 is 10.5 Å². The minimum atomic E-state index is -0.719. The smallest absolute Gasteiger partial charge is 0.373 e. The summed E-state index contributed by atoms with van der Waals surface area (Å²) >= 11 is 0. The van der Waals surface area contributed by atoms with Crippen LogP contribution >= 0.6 is 0 Å². The van der Waals surface area contributed by atoms with Crippen LogP contribution in [0.25, 0.3) is 0 Å². The Balaban J connectivity index is 0.00000137. The van der Waals surface area contributed by atoms with Crippen molar-refractivity contribution in [3.8, 4) is 5.75 Å². The molecule has 1 atom stereocenters. The maximum atomic E-state index is 13.4. The van der Waals surface area contributed by atoms with E-state index in [1.165, 1.54) is 12.5 Å². The molecule has 188 valence electrons. The summed E-state index contributed by atoms with van der Waals surface area (Å²) in [6.07, 6.45) is 6.29. The van der Waals surface area contributed by atoms with Crippen molar-refractivity contribution in [1.29, 1.82) is 0 Å². The van der Waals surface area contributed by atoms with E-state index in [4.69, 9.17) is 14.3 Å². The molecule has 0 bridgehead atoms. The van der Waals surface area contributed by atoms with Crippen LogP contribution in [0.4, 0.5) is 5.69 Å². The lowest BCUT2D eigenvalue weighted by Crippen LogP contribution is -2.45. The van der Waals surface area contributed by atoms with E-state index in [0.29, 0.717) is 12.0 Å². The molecule has 1 fully saturated rings. The van der Waals surface area contributed by atoms with Crippen LogP contribution in [-0.2, 0) is 15.2 Å². The van der Waals surface area contributed by atoms with Crippen LogP contribution < -0.4 is 4.74 Å². The van der Waals surface area contributed by atoms with Gasteiger partial charge in [-0.2, -0.15) is 9.59 Å². The van der Waals surface area contributed by atoms with E-state index >= 15 is 0 Å². The third-order valence-corrected chi connectivity index (χ3v) is 6.56. The number of nitrogens with zero attached hydrogens (tertiary/aromatic N) is 2. The Labute approximate surface area is 206 Å². The minimum Gasteiger partial charge on any atom is -0.476 e. The molecule has 0 spiro atoms. The average molecular weight is 483 g/mol. The Bertz CT molecular complexity index is 1030. The predicted molar refractivity (Wildman–Crippen MR) is 131 cm³/mol. The number of amides is 1. The van der Waals surface area contributed by atoms with Gasteiger partial charge in [-0.15, -0.1) is 0 Å². The fraction of sp³-hybridized carbons (Fsp3) is 0.481. The third-order valence-electron chi connectivity index (χ3n) is 6.56. The molecule has 1 amide bonds. The van der Waals surface area contributed by atoms with Gasteiger partial charge in [0.1, 0.15) is 5.60 Å². The van der Waals surface area contributed by atoms with Crippen molar-refractivity contribution in [2.75, 3.05) is 0 Å². The zero-order valence-electron chi connectivity index (χ0n) is 20.9. The summed E-state index contributed by atoms with van der Waals surface area (Å²) in [6, 6.07) is 14.5. The second-order valence-corrected chi connectivity index (χ2v) is 9.17. The van der Waals surface area contributed by atoms with E-state index in [-0.39, 0.29) is 35.6 Å². The normalized spacial score (nSPS) is 15.2. The van der Waals surface area contributed by atoms with E-state index in [1.54, 1.807) is 12.1 Å². The molecule has 1 saturated carbocycles. The average Bonchev–Trinajstić information content (AvgIpc) is 2.85. The first-order valence-electron chi connectivity index (χ1n) is 12.0. The summed E-state index contributed by atoms with van der Waals surface area (Å²) in [4.78, 5) is 43.0. The number of nitro groups is 1. The van der Waals surface area contributed by atoms with Crippen LogP contribution in [0.5, 0.6) is 5.75 Å². The fourth-order valence-corrected chi connectivity index (χ4v) is 4.58. The van der Waals surface area contributed by atoms with Gasteiger partial charge in [-0.25, -0.2) is 0 Å². The minimum absolute atomic E-state index is 0.0297. The van der Waals surface area contributed by atoms with Gasteiger partial charge in [-0.3, -0.25) is 14.9 Å². The number of carbonyl (C=O) groups excluding carboxylic acids is 3. The van der Waals surface area contributed by atoms with Gasteiger partial charge in [-0.05, 0) is 57.7 Å². The van der Waals surface area contributed by atoms with Gasteiger partial charge < -0.3 is 9.64 Å². The van der Waals surface area contributed by atoms with E-state index in [1.807, 2.05) is 62.9 Å². The Kier molecular flexibility index (Phi) is 10.2. The molecular formula is C27H34N2O6. The van der Waals surface area contributed by atoms with Crippen molar-refractivity contribution in [3.05, 3.63) is 69.8 Å². The highest BCUT2D eigenvalue weighted by molar-refractivity contribution is 5.95. The zero-order valence-corrected chi connectivity index (χ0v) is 20.9. The lowest BCUT2D eigenvalue weighted by molar-refractivity contribution is -0.386. The molecule has 0 heterocycles. The van der Waals surface area contributed by atoms with Crippen LogP contribution in [0.3, 0.4) is 0 Å². The molecule has 2 aromatic carbocycles. The van der Waals surface area contributed by atoms with Crippen LogP contribution in [0.15, 0.2) is 48.5 Å². The largest absolute Gasteiger partial charge is 0.476 e. The molecule has 1 unspecified atom stereocenters. The molecule has 0 aromatic heterocycles. The van der Waals surface area contributed by atoms with Gasteiger partial charge >= 0.3 is 11.8 Å². The highest BCUT2D eigenvalue weighted by Crippen LogP contribution is 2.37. The molecule has 3 rings (SSSR count). The Morgan fingerprint density at radius 1 is 1.14 bits per heavy atom. The number of nitro benzene ring substituents is 1. The molecule has 2 aromatic rings. The quantitative estimate of drug-likeness (QED) is 0.342. The molecule has 8 nitrogen and oxygen atoms in total. The van der Waals surface area contributed by atoms with Crippen molar-refractivity contribution < 1.29 is 24.0 Å². The molecule has 0 N–H and O–H groups in total. The Hall–Kier alpha value is -3.51. The maximum Gasteiger partial charge on any atom is 0.373 e. The predicted octanol–water partition coefficient (Wildman–Crippen LogP) is 5.90. The van der Waals surface area contributed by atoms with Gasteiger partial charge in [0.2, 0.25) is 0 Å². The first kappa shape index (κ1) is 27.7. The molecule has 8 heteroatoms. The zero-order chi connectivity index (χ0) is 26.0. The first-order chi connectivity index (χ1) is 16.7. The van der Waals surface area contributed by atoms with Gasteiger partial charge in [0.25, 0.3) is 5.91 Å². The number of ether oxygens (including phenoxy) is 1. The number of hydrogen-bond donors (Lipinski definition) is 0. The summed E-state index contributed by atoms with van der Waals surface area (Å²) in [5, 5.41) is 11.9. The third kappa shape index (κ3) is 6.99. The molecule has 35 heavy (non-hydrogen) atoms. The molecule has 1 aliphatic carbocycles. The highest BCUT2D eigenvalue weighted by Gasteiger charge is 2.32. The summed E-state index contributed by atoms with van der Waals surface area (Å²) < 4.78 is 6.22. The number of hydrogen-bond acceptors (Lipinski definition) is 6. The van der Waals surface area contributed by atoms with Crippen molar-refractivity contribution >= 4 is 17.7 Å². The van der Waals surface area contributed by atoms with Crippen LogP contribution in [0, 0.1) is 10.1 Å². The first-order valence-corrected chi connectivity index (χ1v) is 12.0. The summed E-state index contributed by atoms with van der Waals surface area (Å²) in [5.41, 5.74) is 0.379. The lowest BCUT2D eigenvalue weighted by Gasteiger charge is -2.37. The van der Waals surface area contributed by atoms with Crippen molar-refractivity contribution in [2.24, 2.45) is 0 Å². The van der Waals surface area contributed by atoms with Crippen molar-refractivity contribution in [1.82, 2.24) is 4.90 Å². The Morgan fingerprint density at radius 3 is 2.26 bits per heavy atom. The van der Waals surface area contributed by atoms with Gasteiger partial charge in [0.05, 0.1) is 4.92 Å². The van der Waals surface area contributed by atoms with Crippen LogP contribution in [0.1, 0.15) is 82.1 Å². The van der Waals surface area contributed by atoms with Crippen molar-refractivity contribution in [3.63, 3.8) is 0 Å². The van der Waals surface area contributed by atoms with Crippen LogP contribution in [0.2, 0.25) is 0 Å². The van der Waals surface area contributed by atoms with Gasteiger partial charge in [0, 0.05) is 23.7 Å². The van der Waals surface area contributed by atoms with E-state index in [9.17, 15) is 14.9 Å². The molecule has 0 radical (unpaired) electrons. The molecule has 0 saturated heterocycles. The van der Waals surface area contributed by atoms with Gasteiger partial charge in [0.15, 0.2) is 5.75 Å². The molecular weight excluding hydrogens is 448 g/mol. The maximum absolute atomic E-state index is 13.4. The molecule has 0 aliphatic heterocycles. The fourth-order valence-electron chi connectivity index (χ4n) is 4.58. The monoisotopic (exact) mass is 482 g/mol. The second-order valence-electron chi connectivity index (χ2n) is 9.17. The standard InChI is InChI=1S/C26H34N2O4.CO2/c1-5-26(4,21-12-8-6-9-13-21)32-24-17-16-20(18-23(24)28(30)31)25(29)27(19(2)3)22-14-10-7-11-15-22;2-1-3/h6,8-9,12-13,16-19,22H,5,7,10-11,14-15H2,1-4H3;. The highest BCUT2D eigenvalue weighted by atomic mass is 16.6.